The van der Waals surface area contributed by atoms with Gasteiger partial charge in [0.1, 0.15) is 5.60 Å². The molecule has 0 aromatic carbocycles. The Hall–Kier alpha value is -1.38. The third-order valence-corrected chi connectivity index (χ3v) is 8.95. The van der Waals surface area contributed by atoms with E-state index in [1.165, 1.54) is 37.7 Å². The first-order chi connectivity index (χ1) is 14.9. The van der Waals surface area contributed by atoms with E-state index < -0.39 is 0 Å². The molecule has 3 saturated carbocycles. The Morgan fingerprint density at radius 2 is 1.97 bits per heavy atom. The molecule has 4 aliphatic rings. The van der Waals surface area contributed by atoms with Crippen LogP contribution in [-0.4, -0.2) is 23.4 Å². The molecule has 4 fully saturated rings. The summed E-state index contributed by atoms with van der Waals surface area (Å²) in [6.45, 7) is 12.2. The highest BCUT2D eigenvalue weighted by Gasteiger charge is 2.50. The van der Waals surface area contributed by atoms with E-state index in [9.17, 15) is 5.11 Å². The van der Waals surface area contributed by atoms with Crippen LogP contribution in [0.15, 0.2) is 59.8 Å². The predicted octanol–water partition coefficient (Wildman–Crippen LogP) is 7.08. The summed E-state index contributed by atoms with van der Waals surface area (Å²) < 4.78 is 5.58. The lowest BCUT2D eigenvalue weighted by Gasteiger charge is -2.44. The first-order valence-corrected chi connectivity index (χ1v) is 12.7. The fourth-order valence-electron chi connectivity index (χ4n) is 6.69. The van der Waals surface area contributed by atoms with Gasteiger partial charge in [0.15, 0.2) is 0 Å². The minimum Gasteiger partial charge on any atom is -0.388 e. The SMILES string of the molecule is C=C1/C(=C\C=C2/CCCC3(C)C2CCC3C(C)/C=C/C=C/C2(CC)CO2)CCCC1O. The number of rotatable bonds is 6. The second-order valence-electron chi connectivity index (χ2n) is 10.8. The number of aliphatic hydroxyl groups excluding tert-OH is 1. The molecule has 6 atom stereocenters. The Kier molecular flexibility index (Phi) is 6.79. The van der Waals surface area contributed by atoms with Crippen molar-refractivity contribution in [1.29, 1.82) is 0 Å². The number of aliphatic hydroxyl groups is 1. The van der Waals surface area contributed by atoms with Crippen LogP contribution in [0.4, 0.5) is 0 Å². The number of allylic oxidation sites excluding steroid dienone is 6. The topological polar surface area (TPSA) is 32.8 Å². The van der Waals surface area contributed by atoms with Gasteiger partial charge in [0.25, 0.3) is 0 Å². The average molecular weight is 423 g/mol. The molecule has 3 aliphatic carbocycles. The summed E-state index contributed by atoms with van der Waals surface area (Å²) in [7, 11) is 0. The van der Waals surface area contributed by atoms with Crippen molar-refractivity contribution >= 4 is 0 Å². The maximum absolute atomic E-state index is 10.1. The maximum Gasteiger partial charge on any atom is 0.110 e. The predicted molar refractivity (Wildman–Crippen MR) is 130 cm³/mol. The molecule has 170 valence electrons. The van der Waals surface area contributed by atoms with E-state index in [1.807, 2.05) is 0 Å². The zero-order valence-corrected chi connectivity index (χ0v) is 19.9. The molecule has 1 aliphatic heterocycles. The van der Waals surface area contributed by atoms with E-state index in [-0.39, 0.29) is 11.7 Å². The Morgan fingerprint density at radius 3 is 2.71 bits per heavy atom. The summed E-state index contributed by atoms with van der Waals surface area (Å²) in [6.07, 6.45) is 24.1. The Labute approximate surface area is 189 Å². The van der Waals surface area contributed by atoms with E-state index in [0.717, 1.165) is 43.8 Å². The molecule has 4 rings (SSSR count). The first-order valence-electron chi connectivity index (χ1n) is 12.7. The Balaban J connectivity index is 1.44. The van der Waals surface area contributed by atoms with Gasteiger partial charge in [0.2, 0.25) is 0 Å². The van der Waals surface area contributed by atoms with E-state index in [2.05, 4.69) is 63.8 Å². The largest absolute Gasteiger partial charge is 0.388 e. The van der Waals surface area contributed by atoms with Gasteiger partial charge in [0, 0.05) is 0 Å². The lowest BCUT2D eigenvalue weighted by atomic mass is 9.61. The lowest BCUT2D eigenvalue weighted by Crippen LogP contribution is -2.35. The van der Waals surface area contributed by atoms with Crippen molar-refractivity contribution in [2.45, 2.75) is 90.3 Å². The normalized spacial score (nSPS) is 42.1. The van der Waals surface area contributed by atoms with Crippen LogP contribution in [0.3, 0.4) is 0 Å². The van der Waals surface area contributed by atoms with Gasteiger partial charge in [-0.1, -0.05) is 69.4 Å². The summed E-state index contributed by atoms with van der Waals surface area (Å²) in [4.78, 5) is 0. The third kappa shape index (κ3) is 4.71. The molecular formula is C29H42O2. The number of hydrogen-bond acceptors (Lipinski definition) is 2. The van der Waals surface area contributed by atoms with Crippen LogP contribution >= 0.6 is 0 Å². The number of hydrogen-bond donors (Lipinski definition) is 1. The average Bonchev–Trinajstić information content (AvgIpc) is 3.45. The van der Waals surface area contributed by atoms with Gasteiger partial charge in [-0.2, -0.15) is 0 Å². The molecule has 6 unspecified atom stereocenters. The second kappa shape index (κ2) is 9.24. The van der Waals surface area contributed by atoms with Crippen molar-refractivity contribution in [2.24, 2.45) is 23.2 Å². The van der Waals surface area contributed by atoms with Gasteiger partial charge in [-0.15, -0.1) is 0 Å². The summed E-state index contributed by atoms with van der Waals surface area (Å²) in [6, 6.07) is 0. The zero-order chi connectivity index (χ0) is 22.1. The second-order valence-corrected chi connectivity index (χ2v) is 10.8. The fraction of sp³-hybridized carbons (Fsp3) is 0.655. The minimum atomic E-state index is -0.341. The molecule has 0 radical (unpaired) electrons. The van der Waals surface area contributed by atoms with Crippen LogP contribution in [0.2, 0.25) is 0 Å². The molecule has 1 heterocycles. The smallest absolute Gasteiger partial charge is 0.110 e. The molecule has 2 heteroatoms. The third-order valence-electron chi connectivity index (χ3n) is 8.95. The van der Waals surface area contributed by atoms with Gasteiger partial charge in [-0.3, -0.25) is 0 Å². The zero-order valence-electron chi connectivity index (χ0n) is 19.9. The summed E-state index contributed by atoms with van der Waals surface area (Å²) >= 11 is 0. The number of ether oxygens (including phenoxy) is 1. The van der Waals surface area contributed by atoms with Crippen LogP contribution in [0.5, 0.6) is 0 Å². The quantitative estimate of drug-likeness (QED) is 0.366. The summed E-state index contributed by atoms with van der Waals surface area (Å²) in [5, 5.41) is 10.1. The van der Waals surface area contributed by atoms with Crippen LogP contribution < -0.4 is 0 Å². The van der Waals surface area contributed by atoms with E-state index in [0.29, 0.717) is 17.3 Å². The van der Waals surface area contributed by atoms with Crippen LogP contribution in [0.25, 0.3) is 0 Å². The van der Waals surface area contributed by atoms with E-state index in [1.54, 1.807) is 5.57 Å². The standard InChI is InChI=1S/C29H42O2/c1-5-29(20-31-29)19-7-6-10-21(2)25-16-17-26-24(12-9-18-28(25,26)4)15-14-23-11-8-13-27(30)22(23)3/h6-7,10,14-15,19,21,25-27,30H,3,5,8-9,11-13,16-18,20H2,1-2,4H3/b10-6+,19-7+,23-14-,24-15+. The highest BCUT2D eigenvalue weighted by Crippen LogP contribution is 2.59. The van der Waals surface area contributed by atoms with E-state index in [4.69, 9.17) is 4.74 Å². The molecule has 0 aromatic rings. The molecule has 2 nitrogen and oxygen atoms in total. The number of epoxide rings is 1. The van der Waals surface area contributed by atoms with Crippen molar-refractivity contribution in [3.05, 3.63) is 59.8 Å². The maximum atomic E-state index is 10.1. The molecular weight excluding hydrogens is 380 g/mol. The van der Waals surface area contributed by atoms with Crippen molar-refractivity contribution in [3.8, 4) is 0 Å². The summed E-state index contributed by atoms with van der Waals surface area (Å²) in [5.41, 5.74) is 4.29. The van der Waals surface area contributed by atoms with Gasteiger partial charge in [-0.05, 0) is 92.1 Å². The first kappa shape index (κ1) is 22.8. The van der Waals surface area contributed by atoms with Crippen LogP contribution in [-0.2, 0) is 4.74 Å². The Bertz CT molecular complexity index is 794. The molecule has 0 aromatic heterocycles. The number of fused-ring (bicyclic) bond motifs is 1. The lowest BCUT2D eigenvalue weighted by molar-refractivity contribution is 0.112. The molecule has 1 N–H and O–H groups in total. The van der Waals surface area contributed by atoms with Gasteiger partial charge in [0.05, 0.1) is 12.7 Å². The Morgan fingerprint density at radius 1 is 1.16 bits per heavy atom. The van der Waals surface area contributed by atoms with E-state index >= 15 is 0 Å². The van der Waals surface area contributed by atoms with Crippen LogP contribution in [0.1, 0.15) is 78.6 Å². The molecule has 0 spiro atoms. The molecule has 0 amide bonds. The van der Waals surface area contributed by atoms with Crippen molar-refractivity contribution in [2.75, 3.05) is 6.61 Å². The highest BCUT2D eigenvalue weighted by molar-refractivity contribution is 5.37. The van der Waals surface area contributed by atoms with Crippen LogP contribution in [0, 0.1) is 23.2 Å². The van der Waals surface area contributed by atoms with Gasteiger partial charge >= 0.3 is 0 Å². The molecule has 1 saturated heterocycles. The van der Waals surface area contributed by atoms with Gasteiger partial charge < -0.3 is 9.84 Å². The fourth-order valence-corrected chi connectivity index (χ4v) is 6.69. The minimum absolute atomic E-state index is 0.0370. The molecule has 31 heavy (non-hydrogen) atoms. The van der Waals surface area contributed by atoms with Crippen molar-refractivity contribution in [3.63, 3.8) is 0 Å². The van der Waals surface area contributed by atoms with Gasteiger partial charge in [-0.25, -0.2) is 0 Å². The molecule has 0 bridgehead atoms. The van der Waals surface area contributed by atoms with Crippen molar-refractivity contribution in [1.82, 2.24) is 0 Å². The highest BCUT2D eigenvalue weighted by atomic mass is 16.6. The van der Waals surface area contributed by atoms with Crippen molar-refractivity contribution < 1.29 is 9.84 Å². The monoisotopic (exact) mass is 422 g/mol. The summed E-state index contributed by atoms with van der Waals surface area (Å²) in [5.74, 6) is 2.06.